The molecule has 2 saturated carbocycles. The van der Waals surface area contributed by atoms with Gasteiger partial charge in [0.2, 0.25) is 5.91 Å². The van der Waals surface area contributed by atoms with Gasteiger partial charge in [0, 0.05) is 12.0 Å². The van der Waals surface area contributed by atoms with Crippen LogP contribution in [-0.2, 0) is 9.59 Å². The largest absolute Gasteiger partial charge is 0.481 e. The van der Waals surface area contributed by atoms with Crippen LogP contribution in [0, 0.1) is 17.8 Å². The number of carbonyl (C=O) groups excluding carboxylic acids is 1. The predicted molar refractivity (Wildman–Crippen MR) is 63.8 cm³/mol. The van der Waals surface area contributed by atoms with Crippen LogP contribution in [0.15, 0.2) is 0 Å². The maximum absolute atomic E-state index is 12.9. The van der Waals surface area contributed by atoms with Gasteiger partial charge in [0.25, 0.3) is 0 Å². The van der Waals surface area contributed by atoms with Crippen molar-refractivity contribution in [3.8, 4) is 0 Å². The molecule has 2 N–H and O–H groups in total. The molecule has 2 unspecified atom stereocenters. The van der Waals surface area contributed by atoms with Crippen LogP contribution in [0.25, 0.3) is 0 Å². The third-order valence-corrected chi connectivity index (χ3v) is 4.36. The Bertz CT molecular complexity index is 391. The van der Waals surface area contributed by atoms with Crippen molar-refractivity contribution in [1.29, 1.82) is 0 Å². The fourth-order valence-electron chi connectivity index (χ4n) is 3.08. The van der Waals surface area contributed by atoms with Crippen LogP contribution >= 0.6 is 0 Å². The molecule has 0 aromatic carbocycles. The Balaban J connectivity index is 1.89. The number of carboxylic acids is 1. The van der Waals surface area contributed by atoms with Crippen molar-refractivity contribution in [3.63, 3.8) is 0 Å². The predicted octanol–water partition coefficient (Wildman–Crippen LogP) is 2.33. The highest BCUT2D eigenvalue weighted by atomic mass is 19.4. The number of rotatable bonds is 3. The first-order valence-corrected chi connectivity index (χ1v) is 6.89. The first-order chi connectivity index (χ1) is 9.29. The highest BCUT2D eigenvalue weighted by molar-refractivity contribution is 5.80. The topological polar surface area (TPSA) is 66.4 Å². The highest BCUT2D eigenvalue weighted by Crippen LogP contribution is 2.41. The molecule has 2 aliphatic rings. The van der Waals surface area contributed by atoms with E-state index in [2.05, 4.69) is 5.32 Å². The molecular formula is C13H18F3NO3. The second-order valence-corrected chi connectivity index (χ2v) is 5.75. The molecule has 0 bridgehead atoms. The lowest BCUT2D eigenvalue weighted by atomic mass is 9.76. The van der Waals surface area contributed by atoms with E-state index in [-0.39, 0.29) is 18.9 Å². The van der Waals surface area contributed by atoms with Crippen molar-refractivity contribution >= 4 is 11.9 Å². The van der Waals surface area contributed by atoms with Gasteiger partial charge < -0.3 is 10.4 Å². The summed E-state index contributed by atoms with van der Waals surface area (Å²) < 4.78 is 38.7. The van der Waals surface area contributed by atoms with Crippen LogP contribution < -0.4 is 5.32 Å². The molecule has 0 radical (unpaired) electrons. The van der Waals surface area contributed by atoms with Crippen molar-refractivity contribution in [2.24, 2.45) is 17.8 Å². The number of aliphatic carboxylic acids is 1. The minimum atomic E-state index is -4.34. The molecule has 0 aliphatic heterocycles. The van der Waals surface area contributed by atoms with E-state index < -0.39 is 35.8 Å². The molecule has 2 fully saturated rings. The quantitative estimate of drug-likeness (QED) is 0.839. The van der Waals surface area contributed by atoms with Crippen molar-refractivity contribution in [3.05, 3.63) is 0 Å². The fourth-order valence-corrected chi connectivity index (χ4v) is 3.08. The second-order valence-electron chi connectivity index (χ2n) is 5.75. The molecule has 1 amide bonds. The zero-order valence-corrected chi connectivity index (χ0v) is 10.9. The summed E-state index contributed by atoms with van der Waals surface area (Å²) in [6.07, 6.45) is -2.33. The second kappa shape index (κ2) is 5.61. The van der Waals surface area contributed by atoms with E-state index in [1.165, 1.54) is 0 Å². The summed E-state index contributed by atoms with van der Waals surface area (Å²) in [5.74, 6) is -4.55. The Kier molecular flexibility index (Phi) is 4.25. The maximum Gasteiger partial charge on any atom is 0.392 e. The van der Waals surface area contributed by atoms with Crippen molar-refractivity contribution < 1.29 is 27.9 Å². The van der Waals surface area contributed by atoms with E-state index in [4.69, 9.17) is 5.11 Å². The van der Waals surface area contributed by atoms with Crippen LogP contribution in [0.4, 0.5) is 13.2 Å². The molecule has 0 heterocycles. The summed E-state index contributed by atoms with van der Waals surface area (Å²) in [5, 5.41) is 11.3. The molecular weight excluding hydrogens is 275 g/mol. The van der Waals surface area contributed by atoms with Crippen LogP contribution in [0.5, 0.6) is 0 Å². The maximum atomic E-state index is 12.9. The molecule has 0 spiro atoms. The lowest BCUT2D eigenvalue weighted by molar-refractivity contribution is -0.198. The molecule has 7 heteroatoms. The zero-order valence-electron chi connectivity index (χ0n) is 10.9. The minimum absolute atomic E-state index is 0.00397. The molecule has 2 atom stereocenters. The number of amides is 1. The molecule has 20 heavy (non-hydrogen) atoms. The number of nitrogens with one attached hydrogen (secondary N) is 1. The van der Waals surface area contributed by atoms with Crippen molar-refractivity contribution in [2.45, 2.75) is 50.7 Å². The normalized spacial score (nSPS) is 34.1. The molecule has 0 saturated heterocycles. The third kappa shape index (κ3) is 3.24. The Morgan fingerprint density at radius 2 is 1.70 bits per heavy atom. The molecule has 4 nitrogen and oxygen atoms in total. The van der Waals surface area contributed by atoms with Gasteiger partial charge >= 0.3 is 12.1 Å². The summed E-state index contributed by atoms with van der Waals surface area (Å²) >= 11 is 0. The summed E-state index contributed by atoms with van der Waals surface area (Å²) in [5.41, 5.74) is 0. The highest BCUT2D eigenvalue weighted by Gasteiger charge is 2.48. The van der Waals surface area contributed by atoms with Gasteiger partial charge in [0.05, 0.1) is 11.8 Å². The van der Waals surface area contributed by atoms with E-state index in [0.717, 1.165) is 0 Å². The number of carbonyl (C=O) groups is 2. The number of hydrogen-bond donors (Lipinski definition) is 2. The van der Waals surface area contributed by atoms with E-state index >= 15 is 0 Å². The van der Waals surface area contributed by atoms with E-state index in [1.807, 2.05) is 0 Å². The Labute approximate surface area is 114 Å². The summed E-state index contributed by atoms with van der Waals surface area (Å²) in [7, 11) is 0. The van der Waals surface area contributed by atoms with E-state index in [1.54, 1.807) is 0 Å². The van der Waals surface area contributed by atoms with E-state index in [0.29, 0.717) is 25.7 Å². The van der Waals surface area contributed by atoms with Crippen LogP contribution in [-0.4, -0.2) is 29.2 Å². The first kappa shape index (κ1) is 15.1. The summed E-state index contributed by atoms with van der Waals surface area (Å²) in [6, 6.07) is -0.292. The van der Waals surface area contributed by atoms with Crippen molar-refractivity contribution in [1.82, 2.24) is 5.32 Å². The number of carboxylic acid groups (broad SMARTS) is 1. The Morgan fingerprint density at radius 1 is 1.10 bits per heavy atom. The molecule has 2 rings (SSSR count). The monoisotopic (exact) mass is 293 g/mol. The van der Waals surface area contributed by atoms with Gasteiger partial charge in [0.15, 0.2) is 0 Å². The van der Waals surface area contributed by atoms with Crippen molar-refractivity contribution in [2.75, 3.05) is 0 Å². The lowest BCUT2D eigenvalue weighted by Gasteiger charge is -2.37. The molecule has 2 aliphatic carbocycles. The fraction of sp³-hybridized carbons (Fsp3) is 0.846. The molecule has 0 aromatic rings. The van der Waals surface area contributed by atoms with Gasteiger partial charge in [-0.2, -0.15) is 13.2 Å². The van der Waals surface area contributed by atoms with Gasteiger partial charge in [-0.05, 0) is 25.7 Å². The SMILES string of the molecule is O=C(O)C1CC(NC(=O)C2CCCCC2C(F)(F)F)C1. The summed E-state index contributed by atoms with van der Waals surface area (Å²) in [4.78, 5) is 22.6. The smallest absolute Gasteiger partial charge is 0.392 e. The Hall–Kier alpha value is -1.27. The molecule has 114 valence electrons. The van der Waals surface area contributed by atoms with E-state index in [9.17, 15) is 22.8 Å². The van der Waals surface area contributed by atoms with Gasteiger partial charge in [-0.15, -0.1) is 0 Å². The zero-order chi connectivity index (χ0) is 14.9. The van der Waals surface area contributed by atoms with Gasteiger partial charge in [-0.25, -0.2) is 0 Å². The van der Waals surface area contributed by atoms with Gasteiger partial charge in [0.1, 0.15) is 0 Å². The average Bonchev–Trinajstić information content (AvgIpc) is 2.31. The number of hydrogen-bond acceptors (Lipinski definition) is 2. The van der Waals surface area contributed by atoms with Gasteiger partial charge in [-0.3, -0.25) is 9.59 Å². The molecule has 0 aromatic heterocycles. The lowest BCUT2D eigenvalue weighted by Crippen LogP contribution is -2.51. The van der Waals surface area contributed by atoms with Crippen LogP contribution in [0.2, 0.25) is 0 Å². The first-order valence-electron chi connectivity index (χ1n) is 6.89. The van der Waals surface area contributed by atoms with Gasteiger partial charge in [-0.1, -0.05) is 12.8 Å². The van der Waals surface area contributed by atoms with Crippen LogP contribution in [0.1, 0.15) is 38.5 Å². The summed E-state index contributed by atoms with van der Waals surface area (Å²) in [6.45, 7) is 0. The minimum Gasteiger partial charge on any atom is -0.481 e. The Morgan fingerprint density at radius 3 is 2.25 bits per heavy atom. The van der Waals surface area contributed by atoms with Crippen LogP contribution in [0.3, 0.4) is 0 Å². The number of halogens is 3. The third-order valence-electron chi connectivity index (χ3n) is 4.36. The standard InChI is InChI=1S/C13H18F3NO3/c14-13(15,16)10-4-2-1-3-9(10)11(18)17-8-5-7(6-8)12(19)20/h7-10H,1-6H2,(H,17,18)(H,19,20). The average molecular weight is 293 g/mol. The number of alkyl halides is 3.